The van der Waals surface area contributed by atoms with Crippen molar-refractivity contribution in [1.82, 2.24) is 24.8 Å². The largest absolute Gasteiger partial charge is 0.395 e. The molecule has 0 spiro atoms. The molecule has 0 fully saturated rings. The van der Waals surface area contributed by atoms with Gasteiger partial charge in [0.15, 0.2) is 0 Å². The lowest BCUT2D eigenvalue weighted by Crippen LogP contribution is -2.39. The van der Waals surface area contributed by atoms with Crippen molar-refractivity contribution in [2.45, 2.75) is 32.9 Å². The maximum atomic E-state index is 5.95. The first kappa shape index (κ1) is 34.3. The maximum absolute atomic E-state index is 5.95. The fourth-order valence-corrected chi connectivity index (χ4v) is 6.48. The number of hydrogen-bond donors (Lipinski definition) is 7. The van der Waals surface area contributed by atoms with E-state index in [1.807, 2.05) is 13.8 Å². The Labute approximate surface area is 230 Å². The van der Waals surface area contributed by atoms with Crippen LogP contribution in [0.5, 0.6) is 0 Å². The molecule has 0 aliphatic carbocycles. The molecule has 0 saturated heterocycles. The fraction of sp³-hybridized carbons (Fsp3) is 0.870. The maximum Gasteiger partial charge on any atom is 0.334 e. The number of nitrogens with one attached hydrogen (secondary N) is 3. The van der Waals surface area contributed by atoms with E-state index in [0.29, 0.717) is 76.9 Å². The van der Waals surface area contributed by atoms with E-state index in [4.69, 9.17) is 31.8 Å². The Morgan fingerprint density at radius 3 is 1.34 bits per heavy atom. The highest BCUT2D eigenvalue weighted by Crippen LogP contribution is 2.16. The molecule has 15 heteroatoms. The molecule has 0 amide bonds. The molecule has 0 atom stereocenters. The molecular formula is C23H54N12O2Si. The summed E-state index contributed by atoms with van der Waals surface area (Å²) in [5.41, 5.74) is 22.9. The molecule has 0 aliphatic heterocycles. The average molecular weight is 559 g/mol. The van der Waals surface area contributed by atoms with Gasteiger partial charge in [-0.3, -0.25) is 9.80 Å². The number of aromatic nitrogens is 3. The molecule has 0 unspecified atom stereocenters. The van der Waals surface area contributed by atoms with Crippen molar-refractivity contribution in [2.75, 3.05) is 114 Å². The van der Waals surface area contributed by atoms with Crippen LogP contribution in [0.15, 0.2) is 0 Å². The molecule has 0 bridgehead atoms. The lowest BCUT2D eigenvalue weighted by Gasteiger charge is -2.25. The minimum absolute atomic E-state index is 0.508. The average Bonchev–Trinajstić information content (AvgIpc) is 2.87. The van der Waals surface area contributed by atoms with E-state index in [1.165, 1.54) is 0 Å². The van der Waals surface area contributed by atoms with E-state index < -0.39 is 8.56 Å². The van der Waals surface area contributed by atoms with Gasteiger partial charge < -0.3 is 47.7 Å². The Morgan fingerprint density at radius 1 is 0.632 bits per heavy atom. The second-order valence-electron chi connectivity index (χ2n) is 9.03. The third kappa shape index (κ3) is 15.0. The monoisotopic (exact) mass is 558 g/mol. The first-order valence-electron chi connectivity index (χ1n) is 13.9. The van der Waals surface area contributed by atoms with Crippen LogP contribution in [0.4, 0.5) is 17.8 Å². The molecule has 1 aromatic heterocycles. The fourth-order valence-electron chi connectivity index (χ4n) is 4.07. The van der Waals surface area contributed by atoms with Gasteiger partial charge in [-0.25, -0.2) is 0 Å². The first-order valence-corrected chi connectivity index (χ1v) is 16.5. The number of nitrogens with zero attached hydrogens (tertiary/aromatic N) is 5. The molecule has 222 valence electrons. The van der Waals surface area contributed by atoms with Gasteiger partial charge in [0.1, 0.15) is 0 Å². The van der Waals surface area contributed by atoms with Gasteiger partial charge in [-0.1, -0.05) is 0 Å². The molecule has 1 heterocycles. The zero-order valence-electron chi connectivity index (χ0n) is 23.9. The van der Waals surface area contributed by atoms with Crippen LogP contribution in [0.3, 0.4) is 0 Å². The number of rotatable bonds is 25. The summed E-state index contributed by atoms with van der Waals surface area (Å²) >= 11 is 0. The Bertz CT molecular complexity index is 663. The van der Waals surface area contributed by atoms with Gasteiger partial charge in [0.25, 0.3) is 0 Å². The van der Waals surface area contributed by atoms with Gasteiger partial charge in [0, 0.05) is 98.3 Å². The van der Waals surface area contributed by atoms with Crippen molar-refractivity contribution in [3.8, 4) is 0 Å². The molecule has 1 rings (SSSR count). The predicted molar refractivity (Wildman–Crippen MR) is 159 cm³/mol. The molecule has 0 aromatic carbocycles. The SMILES string of the molecule is CCO[Si](C)(CCCNc1nc(NCCN(CCN)CCN)nc(NCCN(CCN)CCN)n1)OCC. The summed E-state index contributed by atoms with van der Waals surface area (Å²) in [6.45, 7) is 16.6. The highest BCUT2D eigenvalue weighted by atomic mass is 28.4. The smallest absolute Gasteiger partial charge is 0.334 e. The summed E-state index contributed by atoms with van der Waals surface area (Å²) in [5, 5.41) is 9.98. The number of nitrogens with two attached hydrogens (primary N) is 4. The molecule has 0 aliphatic rings. The lowest BCUT2D eigenvalue weighted by molar-refractivity contribution is 0.188. The molecule has 11 N–H and O–H groups in total. The minimum atomic E-state index is -2.16. The highest BCUT2D eigenvalue weighted by Gasteiger charge is 2.29. The van der Waals surface area contributed by atoms with Crippen LogP contribution in [-0.4, -0.2) is 132 Å². The molecular weight excluding hydrogens is 504 g/mol. The van der Waals surface area contributed by atoms with Crippen LogP contribution in [0, 0.1) is 0 Å². The van der Waals surface area contributed by atoms with Gasteiger partial charge in [0.05, 0.1) is 0 Å². The van der Waals surface area contributed by atoms with Gasteiger partial charge in [-0.2, -0.15) is 15.0 Å². The summed E-state index contributed by atoms with van der Waals surface area (Å²) in [7, 11) is -2.16. The van der Waals surface area contributed by atoms with Crippen molar-refractivity contribution >= 4 is 26.4 Å². The summed E-state index contributed by atoms with van der Waals surface area (Å²) in [6, 6.07) is 0.888. The van der Waals surface area contributed by atoms with Crippen LogP contribution < -0.4 is 38.9 Å². The van der Waals surface area contributed by atoms with Crippen molar-refractivity contribution in [3.05, 3.63) is 0 Å². The summed E-state index contributed by atoms with van der Waals surface area (Å²) in [6.07, 6.45) is 0.889. The minimum Gasteiger partial charge on any atom is -0.395 e. The predicted octanol–water partition coefficient (Wildman–Crippen LogP) is -0.919. The van der Waals surface area contributed by atoms with E-state index in [9.17, 15) is 0 Å². The van der Waals surface area contributed by atoms with Crippen LogP contribution in [0.2, 0.25) is 12.6 Å². The Hall–Kier alpha value is -1.69. The number of anilines is 3. The van der Waals surface area contributed by atoms with E-state index in [1.54, 1.807) is 0 Å². The standard InChI is InChI=1S/C23H54N12O2Si/c1-4-36-38(3,37-5-2)20-6-11-28-21-31-22(29-12-18-34(14-7-24)15-8-25)33-23(32-21)30-13-19-35(16-9-26)17-10-27/h4-20,24-27H2,1-3H3,(H3,28,29,30,31,32,33). The molecule has 0 radical (unpaired) electrons. The van der Waals surface area contributed by atoms with Gasteiger partial charge in [-0.05, 0) is 32.9 Å². The van der Waals surface area contributed by atoms with E-state index in [2.05, 4.69) is 47.2 Å². The Morgan fingerprint density at radius 2 is 1.00 bits per heavy atom. The second kappa shape index (κ2) is 21.2. The van der Waals surface area contributed by atoms with E-state index >= 15 is 0 Å². The quantitative estimate of drug-likeness (QED) is 0.0573. The van der Waals surface area contributed by atoms with Crippen LogP contribution in [-0.2, 0) is 8.85 Å². The second-order valence-corrected chi connectivity index (χ2v) is 12.4. The van der Waals surface area contributed by atoms with Crippen molar-refractivity contribution in [2.24, 2.45) is 22.9 Å². The summed E-state index contributed by atoms with van der Waals surface area (Å²) < 4.78 is 11.9. The third-order valence-electron chi connectivity index (χ3n) is 5.83. The van der Waals surface area contributed by atoms with Gasteiger partial charge in [-0.15, -0.1) is 0 Å². The molecule has 1 aromatic rings. The van der Waals surface area contributed by atoms with Gasteiger partial charge in [0.2, 0.25) is 17.8 Å². The normalized spacial score (nSPS) is 11.9. The van der Waals surface area contributed by atoms with Crippen molar-refractivity contribution in [1.29, 1.82) is 0 Å². The van der Waals surface area contributed by atoms with E-state index in [0.717, 1.165) is 51.7 Å². The van der Waals surface area contributed by atoms with Crippen molar-refractivity contribution < 1.29 is 8.85 Å². The zero-order chi connectivity index (χ0) is 28.1. The Kier molecular flexibility index (Phi) is 19.1. The van der Waals surface area contributed by atoms with Gasteiger partial charge >= 0.3 is 8.56 Å². The van der Waals surface area contributed by atoms with Crippen LogP contribution in [0.1, 0.15) is 20.3 Å². The van der Waals surface area contributed by atoms with Crippen LogP contribution >= 0.6 is 0 Å². The molecule has 14 nitrogen and oxygen atoms in total. The summed E-state index contributed by atoms with van der Waals surface area (Å²) in [5.74, 6) is 1.53. The molecule has 0 saturated carbocycles. The lowest BCUT2D eigenvalue weighted by atomic mass is 10.4. The van der Waals surface area contributed by atoms with E-state index in [-0.39, 0.29) is 0 Å². The Balaban J connectivity index is 2.81. The molecule has 38 heavy (non-hydrogen) atoms. The van der Waals surface area contributed by atoms with Crippen LogP contribution in [0.25, 0.3) is 0 Å². The number of hydrogen-bond acceptors (Lipinski definition) is 14. The zero-order valence-corrected chi connectivity index (χ0v) is 24.9. The summed E-state index contributed by atoms with van der Waals surface area (Å²) in [4.78, 5) is 18.2. The van der Waals surface area contributed by atoms with Crippen molar-refractivity contribution in [3.63, 3.8) is 0 Å². The topological polar surface area (TPSA) is 204 Å². The first-order chi connectivity index (χ1) is 18.4. The third-order valence-corrected chi connectivity index (χ3v) is 8.89. The highest BCUT2D eigenvalue weighted by molar-refractivity contribution is 6.66.